The molecule has 2 heterocycles. The van der Waals surface area contributed by atoms with Gasteiger partial charge in [-0.3, -0.25) is 0 Å². The maximum Gasteiger partial charge on any atom is 0.163 e. The second-order valence-corrected chi connectivity index (χ2v) is 6.38. The summed E-state index contributed by atoms with van der Waals surface area (Å²) in [5.74, 6) is -1.15. The number of ether oxygens (including phenoxy) is 4. The lowest BCUT2D eigenvalue weighted by Crippen LogP contribution is -2.51. The van der Waals surface area contributed by atoms with Crippen molar-refractivity contribution >= 4 is 0 Å². The van der Waals surface area contributed by atoms with Crippen LogP contribution in [0, 0.1) is 5.92 Å². The predicted octanol–water partition coefficient (Wildman–Crippen LogP) is 1.04. The lowest BCUT2D eigenvalue weighted by Gasteiger charge is -2.36. The summed E-state index contributed by atoms with van der Waals surface area (Å²) in [5.41, 5.74) is 0. The standard InChI is InChI=1S/C13H22O5/c1-12(2)15-8-5-7(6-14)9-11(10(8)17-12)18-13(3,4)16-9/h7-11,14H,5-6H2,1-4H3/t7-,8+,9+,10+,11+/m0/s1. The average molecular weight is 258 g/mol. The molecular formula is C13H22O5. The molecule has 2 aliphatic heterocycles. The quantitative estimate of drug-likeness (QED) is 0.761. The van der Waals surface area contributed by atoms with Gasteiger partial charge in [0.2, 0.25) is 0 Å². The summed E-state index contributed by atoms with van der Waals surface area (Å²) in [5, 5.41) is 9.53. The Hall–Kier alpha value is -0.200. The Morgan fingerprint density at radius 1 is 0.889 bits per heavy atom. The Bertz CT molecular complexity index is 340. The molecule has 0 aromatic rings. The van der Waals surface area contributed by atoms with Crippen molar-refractivity contribution in [1.82, 2.24) is 0 Å². The maximum atomic E-state index is 9.53. The summed E-state index contributed by atoms with van der Waals surface area (Å²) in [6.07, 6.45) is 0.373. The van der Waals surface area contributed by atoms with Gasteiger partial charge in [0.15, 0.2) is 11.6 Å². The lowest BCUT2D eigenvalue weighted by molar-refractivity contribution is -0.176. The van der Waals surface area contributed by atoms with E-state index in [4.69, 9.17) is 18.9 Å². The fourth-order valence-corrected chi connectivity index (χ4v) is 3.37. The van der Waals surface area contributed by atoms with Crippen molar-refractivity contribution in [3.8, 4) is 0 Å². The average Bonchev–Trinajstić information content (AvgIpc) is 2.71. The van der Waals surface area contributed by atoms with E-state index < -0.39 is 11.6 Å². The van der Waals surface area contributed by atoms with Crippen LogP contribution in [0.1, 0.15) is 34.1 Å². The molecule has 1 aliphatic carbocycles. The van der Waals surface area contributed by atoms with Gasteiger partial charge < -0.3 is 24.1 Å². The summed E-state index contributed by atoms with van der Waals surface area (Å²) in [7, 11) is 0. The molecule has 0 radical (unpaired) electrons. The van der Waals surface area contributed by atoms with Gasteiger partial charge in [0.25, 0.3) is 0 Å². The predicted molar refractivity (Wildman–Crippen MR) is 62.8 cm³/mol. The largest absolute Gasteiger partial charge is 0.396 e. The smallest absolute Gasteiger partial charge is 0.163 e. The SMILES string of the molecule is CC1(C)O[C@@H]2[C@H](O1)[C@H](CO)C[C@H]1OC(C)(C)O[C@@H]21. The molecule has 5 atom stereocenters. The molecule has 1 saturated carbocycles. The Labute approximate surface area is 107 Å². The molecular weight excluding hydrogens is 236 g/mol. The van der Waals surface area contributed by atoms with E-state index in [1.165, 1.54) is 0 Å². The number of aliphatic hydroxyl groups is 1. The van der Waals surface area contributed by atoms with Crippen molar-refractivity contribution in [2.75, 3.05) is 6.61 Å². The minimum absolute atomic E-state index is 0.0177. The first-order valence-electron chi connectivity index (χ1n) is 6.63. The molecule has 1 N–H and O–H groups in total. The van der Waals surface area contributed by atoms with Crippen molar-refractivity contribution in [1.29, 1.82) is 0 Å². The van der Waals surface area contributed by atoms with Crippen molar-refractivity contribution in [2.45, 2.75) is 70.1 Å². The molecule has 104 valence electrons. The molecule has 0 bridgehead atoms. The Kier molecular flexibility index (Phi) is 2.78. The highest BCUT2D eigenvalue weighted by atomic mass is 16.8. The van der Waals surface area contributed by atoms with Crippen molar-refractivity contribution in [2.24, 2.45) is 5.92 Å². The second kappa shape index (κ2) is 3.90. The number of rotatable bonds is 1. The fourth-order valence-electron chi connectivity index (χ4n) is 3.37. The molecule has 0 spiro atoms. The van der Waals surface area contributed by atoms with Crippen molar-refractivity contribution in [3.05, 3.63) is 0 Å². The Morgan fingerprint density at radius 2 is 1.44 bits per heavy atom. The first kappa shape index (κ1) is 12.8. The highest BCUT2D eigenvalue weighted by Crippen LogP contribution is 2.46. The van der Waals surface area contributed by atoms with E-state index in [9.17, 15) is 5.11 Å². The van der Waals surface area contributed by atoms with Crippen LogP contribution in [-0.4, -0.2) is 47.7 Å². The Morgan fingerprint density at radius 3 is 2.11 bits per heavy atom. The van der Waals surface area contributed by atoms with Crippen LogP contribution in [0.25, 0.3) is 0 Å². The van der Waals surface area contributed by atoms with Crippen molar-refractivity contribution in [3.63, 3.8) is 0 Å². The zero-order chi connectivity index (χ0) is 13.1. The molecule has 3 rings (SSSR count). The van der Waals surface area contributed by atoms with Crippen LogP contribution in [0.3, 0.4) is 0 Å². The van der Waals surface area contributed by atoms with Gasteiger partial charge in [0.1, 0.15) is 12.2 Å². The molecule has 0 amide bonds. The summed E-state index contributed by atoms with van der Waals surface area (Å²) in [6, 6.07) is 0. The van der Waals surface area contributed by atoms with E-state index in [0.29, 0.717) is 0 Å². The van der Waals surface area contributed by atoms with E-state index in [0.717, 1.165) is 6.42 Å². The van der Waals surface area contributed by atoms with Gasteiger partial charge in [-0.1, -0.05) is 0 Å². The van der Waals surface area contributed by atoms with Gasteiger partial charge in [-0.25, -0.2) is 0 Å². The third kappa shape index (κ3) is 1.98. The van der Waals surface area contributed by atoms with Gasteiger partial charge in [-0.05, 0) is 34.1 Å². The summed E-state index contributed by atoms with van der Waals surface area (Å²) in [4.78, 5) is 0. The zero-order valence-electron chi connectivity index (χ0n) is 11.4. The van der Waals surface area contributed by atoms with Gasteiger partial charge in [0, 0.05) is 12.5 Å². The number of hydrogen-bond acceptors (Lipinski definition) is 5. The summed E-state index contributed by atoms with van der Waals surface area (Å²) >= 11 is 0. The highest BCUT2D eigenvalue weighted by Gasteiger charge is 2.59. The normalized spacial score (nSPS) is 48.8. The van der Waals surface area contributed by atoms with E-state index in [1.54, 1.807) is 0 Å². The number of fused-ring (bicyclic) bond motifs is 3. The van der Waals surface area contributed by atoms with Crippen LogP contribution in [0.5, 0.6) is 0 Å². The molecule has 3 aliphatic rings. The van der Waals surface area contributed by atoms with Crippen LogP contribution in [-0.2, 0) is 18.9 Å². The molecule has 5 nitrogen and oxygen atoms in total. The highest BCUT2D eigenvalue weighted by molar-refractivity contribution is 5.02. The summed E-state index contributed by atoms with van der Waals surface area (Å²) in [6.45, 7) is 7.71. The molecule has 0 unspecified atom stereocenters. The minimum atomic E-state index is -0.617. The number of hydrogen-bond donors (Lipinski definition) is 1. The van der Waals surface area contributed by atoms with Gasteiger partial charge in [0.05, 0.1) is 12.2 Å². The van der Waals surface area contributed by atoms with Gasteiger partial charge in [-0.15, -0.1) is 0 Å². The number of aliphatic hydroxyl groups excluding tert-OH is 1. The van der Waals surface area contributed by atoms with Crippen LogP contribution < -0.4 is 0 Å². The first-order chi connectivity index (χ1) is 8.31. The fraction of sp³-hybridized carbons (Fsp3) is 1.00. The molecule has 18 heavy (non-hydrogen) atoms. The molecule has 5 heteroatoms. The Balaban J connectivity index is 1.86. The van der Waals surface area contributed by atoms with Crippen LogP contribution >= 0.6 is 0 Å². The van der Waals surface area contributed by atoms with E-state index >= 15 is 0 Å². The lowest BCUT2D eigenvalue weighted by atomic mass is 9.81. The first-order valence-corrected chi connectivity index (χ1v) is 6.63. The molecule has 3 fully saturated rings. The van der Waals surface area contributed by atoms with Gasteiger partial charge >= 0.3 is 0 Å². The van der Waals surface area contributed by atoms with E-state index in [1.807, 2.05) is 27.7 Å². The van der Waals surface area contributed by atoms with Crippen LogP contribution in [0.15, 0.2) is 0 Å². The van der Waals surface area contributed by atoms with Gasteiger partial charge in [-0.2, -0.15) is 0 Å². The van der Waals surface area contributed by atoms with E-state index in [-0.39, 0.29) is 36.9 Å². The van der Waals surface area contributed by atoms with E-state index in [2.05, 4.69) is 0 Å². The third-order valence-corrected chi connectivity index (χ3v) is 3.94. The van der Waals surface area contributed by atoms with Crippen molar-refractivity contribution < 1.29 is 24.1 Å². The maximum absolute atomic E-state index is 9.53. The molecule has 0 aromatic heterocycles. The molecule has 0 aromatic carbocycles. The van der Waals surface area contributed by atoms with Crippen LogP contribution in [0.2, 0.25) is 0 Å². The zero-order valence-corrected chi connectivity index (χ0v) is 11.4. The third-order valence-electron chi connectivity index (χ3n) is 3.94. The molecule has 2 saturated heterocycles. The summed E-state index contributed by atoms with van der Waals surface area (Å²) < 4.78 is 23.7. The monoisotopic (exact) mass is 258 g/mol. The van der Waals surface area contributed by atoms with Crippen LogP contribution in [0.4, 0.5) is 0 Å². The second-order valence-electron chi connectivity index (χ2n) is 6.38. The topological polar surface area (TPSA) is 57.2 Å². The minimum Gasteiger partial charge on any atom is -0.396 e.